The van der Waals surface area contributed by atoms with Gasteiger partial charge in [0.25, 0.3) is 0 Å². The maximum absolute atomic E-state index is 10.7. The van der Waals surface area contributed by atoms with Gasteiger partial charge in [-0.15, -0.1) is 23.5 Å². The number of ketones is 1. The number of Topliss-reactive ketones (excluding diaryl/α,β-unsaturated/α-hetero) is 1. The van der Waals surface area contributed by atoms with Crippen molar-refractivity contribution in [3.63, 3.8) is 0 Å². The van der Waals surface area contributed by atoms with Crippen molar-refractivity contribution in [1.29, 1.82) is 0 Å². The van der Waals surface area contributed by atoms with E-state index in [4.69, 9.17) is 0 Å². The Balaban J connectivity index is 2.26. The van der Waals surface area contributed by atoms with Crippen LogP contribution < -0.4 is 0 Å². The van der Waals surface area contributed by atoms with E-state index in [0.29, 0.717) is 10.4 Å². The Morgan fingerprint density at radius 2 is 2.11 bits per heavy atom. The zero-order valence-corrected chi connectivity index (χ0v) is 7.06. The van der Waals surface area contributed by atoms with Gasteiger partial charge in [-0.1, -0.05) is 6.92 Å². The van der Waals surface area contributed by atoms with Gasteiger partial charge < -0.3 is 0 Å². The van der Waals surface area contributed by atoms with Crippen LogP contribution in [0.5, 0.6) is 0 Å². The molecule has 1 saturated heterocycles. The molecule has 0 saturated carbocycles. The molecule has 0 aromatic heterocycles. The Bertz CT molecular complexity index is 104. The Morgan fingerprint density at radius 3 is 2.56 bits per heavy atom. The van der Waals surface area contributed by atoms with E-state index >= 15 is 0 Å². The van der Waals surface area contributed by atoms with Crippen LogP contribution in [0.3, 0.4) is 0 Å². The van der Waals surface area contributed by atoms with Crippen molar-refractivity contribution in [3.8, 4) is 0 Å². The first kappa shape index (κ1) is 7.48. The molecule has 9 heavy (non-hydrogen) atoms. The van der Waals surface area contributed by atoms with Gasteiger partial charge in [0.05, 0.1) is 16.1 Å². The summed E-state index contributed by atoms with van der Waals surface area (Å²) in [5.41, 5.74) is 0. The molecule has 0 atom stereocenters. The van der Waals surface area contributed by atoms with E-state index < -0.39 is 0 Å². The van der Waals surface area contributed by atoms with Crippen LogP contribution in [0.2, 0.25) is 0 Å². The highest BCUT2D eigenvalue weighted by molar-refractivity contribution is 8.18. The molecule has 1 nitrogen and oxygen atoms in total. The first-order valence-corrected chi connectivity index (χ1v) is 5.17. The molecule has 0 amide bonds. The first-order chi connectivity index (χ1) is 4.33. The van der Waals surface area contributed by atoms with Crippen LogP contribution >= 0.6 is 23.5 Å². The molecule has 52 valence electrons. The molecule has 1 rings (SSSR count). The predicted octanol–water partition coefficient (Wildman–Crippen LogP) is 1.77. The fraction of sp³-hybridized carbons (Fsp3) is 0.833. The van der Waals surface area contributed by atoms with Gasteiger partial charge in [0.2, 0.25) is 0 Å². The summed E-state index contributed by atoms with van der Waals surface area (Å²) in [6.45, 7) is 2.17. The van der Waals surface area contributed by atoms with Crippen molar-refractivity contribution in [3.05, 3.63) is 0 Å². The van der Waals surface area contributed by atoms with E-state index in [1.54, 1.807) is 23.5 Å². The van der Waals surface area contributed by atoms with Crippen molar-refractivity contribution in [2.75, 3.05) is 11.5 Å². The maximum Gasteiger partial charge on any atom is 0.152 e. The van der Waals surface area contributed by atoms with Crippen LogP contribution in [0.15, 0.2) is 0 Å². The largest absolute Gasteiger partial charge is 0.298 e. The van der Waals surface area contributed by atoms with Gasteiger partial charge >= 0.3 is 0 Å². The van der Waals surface area contributed by atoms with Crippen LogP contribution in [0.25, 0.3) is 0 Å². The topological polar surface area (TPSA) is 17.1 Å². The molecule has 0 aliphatic carbocycles. The summed E-state index contributed by atoms with van der Waals surface area (Å²) >= 11 is 3.57. The second kappa shape index (κ2) is 3.52. The molecule has 0 spiro atoms. The Hall–Kier alpha value is 0.370. The van der Waals surface area contributed by atoms with Gasteiger partial charge in [0, 0.05) is 0 Å². The van der Waals surface area contributed by atoms with Crippen LogP contribution in [0, 0.1) is 0 Å². The minimum atomic E-state index is 0.398. The molecule has 0 aromatic carbocycles. The van der Waals surface area contributed by atoms with E-state index in [0.717, 1.165) is 11.5 Å². The Morgan fingerprint density at radius 1 is 1.56 bits per heavy atom. The summed E-state index contributed by atoms with van der Waals surface area (Å²) in [4.78, 5) is 10.7. The van der Waals surface area contributed by atoms with E-state index in [1.165, 1.54) is 6.42 Å². The molecule has 3 heteroatoms. The quantitative estimate of drug-likeness (QED) is 0.585. The standard InChI is InChI=1S/C6H10OS2/c1-2-6-8-3-5(7)4-9-6/h6H,2-4H2,1H3. The average Bonchev–Trinajstić information content (AvgIpc) is 1.90. The van der Waals surface area contributed by atoms with Gasteiger partial charge in [-0.05, 0) is 6.42 Å². The third-order valence-electron chi connectivity index (χ3n) is 1.19. The van der Waals surface area contributed by atoms with E-state index in [-0.39, 0.29) is 0 Å². The van der Waals surface area contributed by atoms with E-state index in [2.05, 4.69) is 6.92 Å². The summed E-state index contributed by atoms with van der Waals surface area (Å²) in [6.07, 6.45) is 1.18. The molecule has 0 unspecified atom stereocenters. The summed E-state index contributed by atoms with van der Waals surface area (Å²) in [6, 6.07) is 0. The smallest absolute Gasteiger partial charge is 0.152 e. The molecule has 1 aliphatic heterocycles. The Labute approximate surface area is 64.0 Å². The molecule has 0 radical (unpaired) electrons. The van der Waals surface area contributed by atoms with Crippen LogP contribution in [0.4, 0.5) is 0 Å². The lowest BCUT2D eigenvalue weighted by atomic mass is 10.5. The van der Waals surface area contributed by atoms with Crippen molar-refractivity contribution >= 4 is 29.3 Å². The molecule has 0 bridgehead atoms. The van der Waals surface area contributed by atoms with Gasteiger partial charge in [-0.3, -0.25) is 4.79 Å². The van der Waals surface area contributed by atoms with Crippen LogP contribution in [-0.4, -0.2) is 21.9 Å². The SMILES string of the molecule is CCC1SCC(=O)CS1. The molecule has 1 heterocycles. The second-order valence-electron chi connectivity index (χ2n) is 2.00. The molecular formula is C6H10OS2. The summed E-state index contributed by atoms with van der Waals surface area (Å²) in [5, 5.41) is 0. The molecule has 1 fully saturated rings. The minimum Gasteiger partial charge on any atom is -0.298 e. The van der Waals surface area contributed by atoms with Gasteiger partial charge in [-0.25, -0.2) is 0 Å². The molecule has 0 N–H and O–H groups in total. The molecule has 1 aliphatic rings. The monoisotopic (exact) mass is 162 g/mol. The number of hydrogen-bond acceptors (Lipinski definition) is 3. The normalized spacial score (nSPS) is 22.6. The molecular weight excluding hydrogens is 152 g/mol. The van der Waals surface area contributed by atoms with E-state index in [9.17, 15) is 4.79 Å². The van der Waals surface area contributed by atoms with Gasteiger partial charge in [-0.2, -0.15) is 0 Å². The average molecular weight is 162 g/mol. The third-order valence-corrected chi connectivity index (χ3v) is 4.40. The highest BCUT2D eigenvalue weighted by Crippen LogP contribution is 2.30. The minimum absolute atomic E-state index is 0.398. The fourth-order valence-electron chi connectivity index (χ4n) is 0.697. The fourth-order valence-corrected chi connectivity index (χ4v) is 3.04. The van der Waals surface area contributed by atoms with Crippen LogP contribution in [-0.2, 0) is 4.79 Å². The first-order valence-electron chi connectivity index (χ1n) is 3.08. The van der Waals surface area contributed by atoms with Crippen molar-refractivity contribution in [2.24, 2.45) is 0 Å². The summed E-state index contributed by atoms with van der Waals surface area (Å²) in [5.74, 6) is 1.88. The summed E-state index contributed by atoms with van der Waals surface area (Å²) in [7, 11) is 0. The second-order valence-corrected chi connectivity index (χ2v) is 4.68. The highest BCUT2D eigenvalue weighted by atomic mass is 32.2. The summed E-state index contributed by atoms with van der Waals surface area (Å²) < 4.78 is 0.683. The zero-order chi connectivity index (χ0) is 6.69. The van der Waals surface area contributed by atoms with Crippen molar-refractivity contribution in [2.45, 2.75) is 17.9 Å². The molecule has 0 aromatic rings. The third kappa shape index (κ3) is 2.22. The number of carbonyl (C=O) groups is 1. The van der Waals surface area contributed by atoms with Gasteiger partial charge in [0.1, 0.15) is 0 Å². The Kier molecular flexibility index (Phi) is 2.92. The highest BCUT2D eigenvalue weighted by Gasteiger charge is 2.17. The van der Waals surface area contributed by atoms with Gasteiger partial charge in [0.15, 0.2) is 5.78 Å². The van der Waals surface area contributed by atoms with Crippen LogP contribution in [0.1, 0.15) is 13.3 Å². The van der Waals surface area contributed by atoms with Crippen molar-refractivity contribution in [1.82, 2.24) is 0 Å². The lowest BCUT2D eigenvalue weighted by molar-refractivity contribution is -0.114. The maximum atomic E-state index is 10.7. The van der Waals surface area contributed by atoms with Crippen molar-refractivity contribution < 1.29 is 4.79 Å². The number of rotatable bonds is 1. The zero-order valence-electron chi connectivity index (χ0n) is 5.42. The lowest BCUT2D eigenvalue weighted by Crippen LogP contribution is -2.15. The lowest BCUT2D eigenvalue weighted by Gasteiger charge is -2.17. The number of hydrogen-bond donors (Lipinski definition) is 0. The number of carbonyl (C=O) groups excluding carboxylic acids is 1. The predicted molar refractivity (Wildman–Crippen MR) is 44.0 cm³/mol. The van der Waals surface area contributed by atoms with E-state index in [1.807, 2.05) is 0 Å². The number of thioether (sulfide) groups is 2.